The molecule has 1 aliphatic rings. The lowest BCUT2D eigenvalue weighted by Crippen LogP contribution is -2.33. The molecule has 0 heterocycles. The van der Waals surface area contributed by atoms with Crippen LogP contribution < -0.4 is 5.73 Å². The van der Waals surface area contributed by atoms with Crippen LogP contribution in [0.1, 0.15) is 50.6 Å². The Morgan fingerprint density at radius 2 is 1.94 bits per heavy atom. The summed E-state index contributed by atoms with van der Waals surface area (Å²) < 4.78 is 13.7. The molecule has 2 N–H and O–H groups in total. The van der Waals surface area contributed by atoms with Crippen molar-refractivity contribution in [3.05, 3.63) is 34.1 Å². The third-order valence-corrected chi connectivity index (χ3v) is 4.66. The number of rotatable bonds is 2. The van der Waals surface area contributed by atoms with Crippen molar-refractivity contribution in [2.75, 3.05) is 0 Å². The van der Waals surface area contributed by atoms with Crippen molar-refractivity contribution in [3.63, 3.8) is 0 Å². The van der Waals surface area contributed by atoms with E-state index in [0.717, 1.165) is 5.56 Å². The van der Waals surface area contributed by atoms with Gasteiger partial charge in [0.1, 0.15) is 5.82 Å². The summed E-state index contributed by atoms with van der Waals surface area (Å²) in [6, 6.07) is 5.12. The van der Waals surface area contributed by atoms with Gasteiger partial charge in [-0.15, -0.1) is 0 Å². The highest BCUT2D eigenvalue weighted by atomic mass is 79.9. The van der Waals surface area contributed by atoms with E-state index >= 15 is 0 Å². The molecular weight excluding hydrogens is 281 g/mol. The Hall–Kier alpha value is -0.410. The molecule has 0 aromatic heterocycles. The average Bonchev–Trinajstić information content (AvgIpc) is 2.33. The first-order chi connectivity index (χ1) is 8.03. The second-order valence-corrected chi connectivity index (χ2v) is 6.22. The minimum atomic E-state index is -0.227. The summed E-state index contributed by atoms with van der Waals surface area (Å²) >= 11 is 3.23. The van der Waals surface area contributed by atoms with Crippen LogP contribution in [0.5, 0.6) is 0 Å². The SMILES string of the molecule is CC1(C(N)c2ccc(F)c(Br)c2)CCCCC1. The second kappa shape index (κ2) is 5.07. The third kappa shape index (κ3) is 2.71. The molecule has 1 atom stereocenters. The van der Waals surface area contributed by atoms with Gasteiger partial charge in [0.25, 0.3) is 0 Å². The van der Waals surface area contributed by atoms with Crippen molar-refractivity contribution in [1.82, 2.24) is 0 Å². The molecule has 1 nitrogen and oxygen atoms in total. The fraction of sp³-hybridized carbons (Fsp3) is 0.571. The second-order valence-electron chi connectivity index (χ2n) is 5.37. The average molecular weight is 300 g/mol. The molecule has 0 spiro atoms. The fourth-order valence-electron chi connectivity index (χ4n) is 2.78. The molecule has 1 aliphatic carbocycles. The predicted molar refractivity (Wildman–Crippen MR) is 72.2 cm³/mol. The van der Waals surface area contributed by atoms with Gasteiger partial charge in [-0.1, -0.05) is 32.3 Å². The Bertz CT molecular complexity index is 399. The molecule has 1 aromatic carbocycles. The maximum absolute atomic E-state index is 13.2. The van der Waals surface area contributed by atoms with Crippen LogP contribution in [0.25, 0.3) is 0 Å². The van der Waals surface area contributed by atoms with Crippen molar-refractivity contribution >= 4 is 15.9 Å². The van der Waals surface area contributed by atoms with Crippen LogP contribution in [0.3, 0.4) is 0 Å². The first kappa shape index (κ1) is 13.0. The van der Waals surface area contributed by atoms with E-state index in [1.54, 1.807) is 0 Å². The lowest BCUT2D eigenvalue weighted by atomic mass is 9.69. The maximum Gasteiger partial charge on any atom is 0.137 e. The first-order valence-electron chi connectivity index (χ1n) is 6.23. The van der Waals surface area contributed by atoms with Gasteiger partial charge in [0, 0.05) is 6.04 Å². The van der Waals surface area contributed by atoms with Crippen molar-refractivity contribution in [3.8, 4) is 0 Å². The highest BCUT2D eigenvalue weighted by molar-refractivity contribution is 9.10. The molecule has 1 aromatic rings. The Morgan fingerprint density at radius 1 is 1.29 bits per heavy atom. The third-order valence-electron chi connectivity index (χ3n) is 4.05. The summed E-state index contributed by atoms with van der Waals surface area (Å²) in [6.45, 7) is 2.26. The van der Waals surface area contributed by atoms with Gasteiger partial charge in [0.15, 0.2) is 0 Å². The lowest BCUT2D eigenvalue weighted by Gasteiger charge is -2.39. The van der Waals surface area contributed by atoms with Crippen LogP contribution in [0.4, 0.5) is 4.39 Å². The van der Waals surface area contributed by atoms with Gasteiger partial charge in [0.2, 0.25) is 0 Å². The van der Waals surface area contributed by atoms with Gasteiger partial charge in [-0.3, -0.25) is 0 Å². The van der Waals surface area contributed by atoms with Crippen LogP contribution in [-0.4, -0.2) is 0 Å². The quantitative estimate of drug-likeness (QED) is 0.851. The predicted octanol–water partition coefficient (Wildman–Crippen LogP) is 4.56. The van der Waals surface area contributed by atoms with Gasteiger partial charge in [-0.05, 0) is 51.9 Å². The highest BCUT2D eigenvalue weighted by Crippen LogP contribution is 2.44. The number of hydrogen-bond donors (Lipinski definition) is 1. The minimum absolute atomic E-state index is 0.000278. The van der Waals surface area contributed by atoms with Crippen LogP contribution in [0.15, 0.2) is 22.7 Å². The molecule has 0 saturated heterocycles. The lowest BCUT2D eigenvalue weighted by molar-refractivity contribution is 0.170. The fourth-order valence-corrected chi connectivity index (χ4v) is 3.18. The topological polar surface area (TPSA) is 26.0 Å². The molecule has 0 bridgehead atoms. The molecular formula is C14H19BrFN. The minimum Gasteiger partial charge on any atom is -0.323 e. The summed E-state index contributed by atoms with van der Waals surface area (Å²) in [7, 11) is 0. The summed E-state index contributed by atoms with van der Waals surface area (Å²) in [4.78, 5) is 0. The summed E-state index contributed by atoms with van der Waals surface area (Å²) in [5, 5.41) is 0. The zero-order valence-electron chi connectivity index (χ0n) is 10.2. The van der Waals surface area contributed by atoms with Gasteiger partial charge >= 0.3 is 0 Å². The molecule has 3 heteroatoms. The standard InChI is InChI=1S/C14H19BrFN/c1-14(7-3-2-4-8-14)13(17)10-5-6-12(16)11(15)9-10/h5-6,9,13H,2-4,7-8,17H2,1H3. The van der Waals surface area contributed by atoms with E-state index in [2.05, 4.69) is 22.9 Å². The summed E-state index contributed by atoms with van der Waals surface area (Å²) in [5.41, 5.74) is 7.57. The van der Waals surface area contributed by atoms with Gasteiger partial charge in [0.05, 0.1) is 4.47 Å². The Morgan fingerprint density at radius 3 is 2.53 bits per heavy atom. The molecule has 1 saturated carbocycles. The Kier molecular flexibility index (Phi) is 3.88. The van der Waals surface area contributed by atoms with E-state index in [-0.39, 0.29) is 17.3 Å². The van der Waals surface area contributed by atoms with Gasteiger partial charge in [-0.25, -0.2) is 4.39 Å². The summed E-state index contributed by atoms with van der Waals surface area (Å²) in [5.74, 6) is -0.227. The zero-order valence-corrected chi connectivity index (χ0v) is 11.8. The first-order valence-corrected chi connectivity index (χ1v) is 7.03. The number of halogens is 2. The zero-order chi connectivity index (χ0) is 12.5. The van der Waals surface area contributed by atoms with Crippen molar-refractivity contribution < 1.29 is 4.39 Å². The Labute approximate surface area is 111 Å². The normalized spacial score (nSPS) is 21.2. The van der Waals surface area contributed by atoms with E-state index < -0.39 is 0 Å². The number of benzene rings is 1. The van der Waals surface area contributed by atoms with Crippen molar-refractivity contribution in [2.45, 2.75) is 45.1 Å². The van der Waals surface area contributed by atoms with E-state index in [1.165, 1.54) is 38.2 Å². The molecule has 94 valence electrons. The monoisotopic (exact) mass is 299 g/mol. The van der Waals surface area contributed by atoms with Crippen LogP contribution in [0, 0.1) is 11.2 Å². The van der Waals surface area contributed by atoms with E-state index in [9.17, 15) is 4.39 Å². The van der Waals surface area contributed by atoms with E-state index in [0.29, 0.717) is 4.47 Å². The van der Waals surface area contributed by atoms with Crippen LogP contribution in [0.2, 0.25) is 0 Å². The molecule has 0 aliphatic heterocycles. The molecule has 0 amide bonds. The highest BCUT2D eigenvalue weighted by Gasteiger charge is 2.34. The molecule has 0 radical (unpaired) electrons. The van der Waals surface area contributed by atoms with Gasteiger partial charge < -0.3 is 5.73 Å². The Balaban J connectivity index is 2.23. The smallest absolute Gasteiger partial charge is 0.137 e. The van der Waals surface area contributed by atoms with Crippen LogP contribution >= 0.6 is 15.9 Å². The molecule has 2 rings (SSSR count). The molecule has 1 unspecified atom stereocenters. The molecule has 17 heavy (non-hydrogen) atoms. The van der Waals surface area contributed by atoms with Crippen molar-refractivity contribution in [2.24, 2.45) is 11.1 Å². The molecule has 1 fully saturated rings. The van der Waals surface area contributed by atoms with E-state index in [4.69, 9.17) is 5.73 Å². The maximum atomic E-state index is 13.2. The number of nitrogens with two attached hydrogens (primary N) is 1. The summed E-state index contributed by atoms with van der Waals surface area (Å²) in [6.07, 6.45) is 6.17. The number of hydrogen-bond acceptors (Lipinski definition) is 1. The van der Waals surface area contributed by atoms with Crippen molar-refractivity contribution in [1.29, 1.82) is 0 Å². The largest absolute Gasteiger partial charge is 0.323 e. The van der Waals surface area contributed by atoms with Crippen LogP contribution in [-0.2, 0) is 0 Å². The van der Waals surface area contributed by atoms with E-state index in [1.807, 2.05) is 12.1 Å². The van der Waals surface area contributed by atoms with Gasteiger partial charge in [-0.2, -0.15) is 0 Å².